The zero-order valence-electron chi connectivity index (χ0n) is 11.5. The van der Waals surface area contributed by atoms with E-state index in [1.54, 1.807) is 0 Å². The van der Waals surface area contributed by atoms with Gasteiger partial charge in [-0.2, -0.15) is 0 Å². The third-order valence-corrected chi connectivity index (χ3v) is 2.37. The summed E-state index contributed by atoms with van der Waals surface area (Å²) in [5.74, 6) is 0. The zero-order valence-corrected chi connectivity index (χ0v) is 11.5. The van der Waals surface area contributed by atoms with Gasteiger partial charge in [0.25, 0.3) is 0 Å². The molecule has 0 radical (unpaired) electrons. The number of aliphatic hydroxyl groups is 1. The highest BCUT2D eigenvalue weighted by molar-refractivity contribution is 4.67. The number of hydrogen-bond acceptors (Lipinski definition) is 3. The van der Waals surface area contributed by atoms with E-state index < -0.39 is 0 Å². The first-order valence-electron chi connectivity index (χ1n) is 6.34. The van der Waals surface area contributed by atoms with Crippen LogP contribution in [0.5, 0.6) is 0 Å². The van der Waals surface area contributed by atoms with Crippen molar-refractivity contribution in [3.05, 3.63) is 0 Å². The lowest BCUT2D eigenvalue weighted by atomic mass is 10.1. The smallest absolute Gasteiger partial charge is 0.0832 e. The Labute approximate surface area is 100 Å². The minimum atomic E-state index is -0.343. The average molecular weight is 232 g/mol. The molecule has 0 aromatic carbocycles. The summed E-state index contributed by atoms with van der Waals surface area (Å²) < 4.78 is 11.2. The maximum absolute atomic E-state index is 9.80. The summed E-state index contributed by atoms with van der Waals surface area (Å²) in [7, 11) is 0. The summed E-state index contributed by atoms with van der Waals surface area (Å²) in [6, 6.07) is 0. The van der Waals surface area contributed by atoms with Crippen LogP contribution < -0.4 is 0 Å². The van der Waals surface area contributed by atoms with Crippen molar-refractivity contribution in [3.8, 4) is 0 Å². The molecule has 0 amide bonds. The second kappa shape index (κ2) is 8.04. The van der Waals surface area contributed by atoms with E-state index in [9.17, 15) is 5.11 Å². The minimum absolute atomic E-state index is 0.0523. The van der Waals surface area contributed by atoms with Gasteiger partial charge >= 0.3 is 0 Å². The highest BCUT2D eigenvalue weighted by atomic mass is 16.5. The van der Waals surface area contributed by atoms with Gasteiger partial charge in [-0.3, -0.25) is 0 Å². The summed E-state index contributed by atoms with van der Waals surface area (Å²) in [6.45, 7) is 11.3. The van der Waals surface area contributed by atoms with E-state index in [1.165, 1.54) is 0 Å². The monoisotopic (exact) mass is 232 g/mol. The van der Waals surface area contributed by atoms with Gasteiger partial charge in [0.1, 0.15) is 0 Å². The first-order chi connectivity index (χ1) is 7.40. The maximum Gasteiger partial charge on any atom is 0.0832 e. The predicted molar refractivity (Wildman–Crippen MR) is 66.7 cm³/mol. The first-order valence-corrected chi connectivity index (χ1v) is 6.34. The fourth-order valence-electron chi connectivity index (χ4n) is 1.53. The molecule has 0 aliphatic carbocycles. The minimum Gasteiger partial charge on any atom is -0.390 e. The maximum atomic E-state index is 9.80. The normalized spacial score (nSPS) is 16.1. The van der Waals surface area contributed by atoms with Crippen molar-refractivity contribution < 1.29 is 14.6 Å². The molecule has 2 unspecified atom stereocenters. The van der Waals surface area contributed by atoms with Crippen molar-refractivity contribution in [2.24, 2.45) is 0 Å². The molecule has 1 N–H and O–H groups in total. The largest absolute Gasteiger partial charge is 0.390 e. The average Bonchev–Trinajstić information content (AvgIpc) is 2.16. The van der Waals surface area contributed by atoms with Gasteiger partial charge in [-0.25, -0.2) is 0 Å². The summed E-state index contributed by atoms with van der Waals surface area (Å²) in [4.78, 5) is 0. The molecule has 2 atom stereocenters. The van der Waals surface area contributed by atoms with Crippen LogP contribution in [-0.4, -0.2) is 36.1 Å². The van der Waals surface area contributed by atoms with E-state index in [-0.39, 0.29) is 17.8 Å². The lowest BCUT2D eigenvalue weighted by Gasteiger charge is -2.24. The molecule has 98 valence electrons. The molecular weight excluding hydrogens is 204 g/mol. The van der Waals surface area contributed by atoms with Crippen molar-refractivity contribution in [1.29, 1.82) is 0 Å². The second-order valence-corrected chi connectivity index (χ2v) is 5.13. The van der Waals surface area contributed by atoms with E-state index in [4.69, 9.17) is 9.47 Å². The summed E-state index contributed by atoms with van der Waals surface area (Å²) >= 11 is 0. The van der Waals surface area contributed by atoms with E-state index >= 15 is 0 Å². The Morgan fingerprint density at radius 3 is 2.19 bits per heavy atom. The van der Waals surface area contributed by atoms with Crippen molar-refractivity contribution in [3.63, 3.8) is 0 Å². The molecule has 0 bridgehead atoms. The molecule has 16 heavy (non-hydrogen) atoms. The first kappa shape index (κ1) is 15.9. The van der Waals surface area contributed by atoms with Crippen molar-refractivity contribution in [1.82, 2.24) is 0 Å². The Balaban J connectivity index is 3.71. The lowest BCUT2D eigenvalue weighted by Crippen LogP contribution is -2.30. The van der Waals surface area contributed by atoms with Crippen molar-refractivity contribution in [2.45, 2.75) is 71.7 Å². The molecule has 0 heterocycles. The predicted octanol–water partition coefficient (Wildman–Crippen LogP) is 2.76. The molecule has 3 nitrogen and oxygen atoms in total. The Hall–Kier alpha value is -0.120. The van der Waals surface area contributed by atoms with Crippen LogP contribution in [0.2, 0.25) is 0 Å². The van der Waals surface area contributed by atoms with Gasteiger partial charge < -0.3 is 14.6 Å². The van der Waals surface area contributed by atoms with Crippen molar-refractivity contribution >= 4 is 0 Å². The fraction of sp³-hybridized carbons (Fsp3) is 1.00. The number of aliphatic hydroxyl groups excluding tert-OH is 1. The van der Waals surface area contributed by atoms with Crippen LogP contribution in [0.1, 0.15) is 53.9 Å². The molecule has 0 aromatic rings. The van der Waals surface area contributed by atoms with Crippen molar-refractivity contribution in [2.75, 3.05) is 13.2 Å². The zero-order chi connectivity index (χ0) is 12.6. The second-order valence-electron chi connectivity index (χ2n) is 5.13. The number of rotatable bonds is 8. The van der Waals surface area contributed by atoms with Crippen LogP contribution >= 0.6 is 0 Å². The SMILES string of the molecule is CCCC(O)C(CC)OCCOC(C)(C)C. The Morgan fingerprint density at radius 2 is 1.75 bits per heavy atom. The molecule has 0 aliphatic heterocycles. The van der Waals surface area contributed by atoms with E-state index in [2.05, 4.69) is 6.92 Å². The Bertz CT molecular complexity index is 163. The third kappa shape index (κ3) is 8.08. The molecule has 0 fully saturated rings. The summed E-state index contributed by atoms with van der Waals surface area (Å²) in [5, 5.41) is 9.80. The van der Waals surface area contributed by atoms with Gasteiger partial charge in [-0.05, 0) is 33.6 Å². The van der Waals surface area contributed by atoms with Gasteiger partial charge in [0, 0.05) is 0 Å². The van der Waals surface area contributed by atoms with Gasteiger partial charge in [0.15, 0.2) is 0 Å². The Morgan fingerprint density at radius 1 is 1.12 bits per heavy atom. The number of ether oxygens (including phenoxy) is 2. The fourth-order valence-corrected chi connectivity index (χ4v) is 1.53. The molecule has 0 saturated heterocycles. The van der Waals surface area contributed by atoms with Crippen LogP contribution in [0.15, 0.2) is 0 Å². The highest BCUT2D eigenvalue weighted by Crippen LogP contribution is 2.11. The molecule has 0 rings (SSSR count). The molecule has 0 spiro atoms. The molecule has 0 aromatic heterocycles. The van der Waals surface area contributed by atoms with E-state index in [0.717, 1.165) is 19.3 Å². The topological polar surface area (TPSA) is 38.7 Å². The van der Waals surface area contributed by atoms with E-state index in [0.29, 0.717) is 13.2 Å². The van der Waals surface area contributed by atoms with Gasteiger partial charge in [0.05, 0.1) is 31.0 Å². The van der Waals surface area contributed by atoms with Gasteiger partial charge in [-0.15, -0.1) is 0 Å². The number of hydrogen-bond donors (Lipinski definition) is 1. The molecule has 0 saturated carbocycles. The van der Waals surface area contributed by atoms with Gasteiger partial charge in [0.2, 0.25) is 0 Å². The standard InChI is InChI=1S/C13H28O3/c1-6-8-11(14)12(7-2)15-9-10-16-13(3,4)5/h11-12,14H,6-10H2,1-5H3. The van der Waals surface area contributed by atoms with Gasteiger partial charge in [-0.1, -0.05) is 20.3 Å². The Kier molecular flexibility index (Phi) is 7.98. The quantitative estimate of drug-likeness (QED) is 0.654. The molecule has 0 aliphatic rings. The molecular formula is C13H28O3. The van der Waals surface area contributed by atoms with Crippen LogP contribution in [-0.2, 0) is 9.47 Å². The highest BCUT2D eigenvalue weighted by Gasteiger charge is 2.17. The third-order valence-electron chi connectivity index (χ3n) is 2.37. The van der Waals surface area contributed by atoms with Crippen LogP contribution in [0.3, 0.4) is 0 Å². The van der Waals surface area contributed by atoms with Crippen LogP contribution in [0.4, 0.5) is 0 Å². The van der Waals surface area contributed by atoms with Crippen LogP contribution in [0.25, 0.3) is 0 Å². The van der Waals surface area contributed by atoms with E-state index in [1.807, 2.05) is 27.7 Å². The summed E-state index contributed by atoms with van der Waals surface area (Å²) in [5.41, 5.74) is -0.118. The molecule has 3 heteroatoms. The van der Waals surface area contributed by atoms with Crippen LogP contribution in [0, 0.1) is 0 Å². The summed E-state index contributed by atoms with van der Waals surface area (Å²) in [6.07, 6.45) is 2.24. The lowest BCUT2D eigenvalue weighted by molar-refractivity contribution is -0.0829.